The topological polar surface area (TPSA) is 68.8 Å². The molecule has 0 aliphatic rings. The van der Waals surface area contributed by atoms with Crippen molar-refractivity contribution in [3.8, 4) is 11.4 Å². The SMILES string of the molecule is CCCn1cc(NC(C)c2nc(-c3ccc(C)c(F)c3)no2)cn1. The molecule has 0 amide bonds. The van der Waals surface area contributed by atoms with Crippen LogP contribution in [-0.4, -0.2) is 19.9 Å². The van der Waals surface area contributed by atoms with Gasteiger partial charge in [0, 0.05) is 18.3 Å². The van der Waals surface area contributed by atoms with Gasteiger partial charge in [-0.3, -0.25) is 4.68 Å². The smallest absolute Gasteiger partial charge is 0.249 e. The fraction of sp³-hybridized carbons (Fsp3) is 0.353. The van der Waals surface area contributed by atoms with Crippen LogP contribution < -0.4 is 5.32 Å². The van der Waals surface area contributed by atoms with Crippen molar-refractivity contribution in [2.45, 2.75) is 39.8 Å². The fourth-order valence-corrected chi connectivity index (χ4v) is 2.36. The zero-order chi connectivity index (χ0) is 17.1. The summed E-state index contributed by atoms with van der Waals surface area (Å²) in [6.45, 7) is 6.61. The van der Waals surface area contributed by atoms with E-state index in [0.29, 0.717) is 22.8 Å². The van der Waals surface area contributed by atoms with Gasteiger partial charge >= 0.3 is 0 Å². The summed E-state index contributed by atoms with van der Waals surface area (Å²) in [6.07, 6.45) is 4.72. The molecule has 24 heavy (non-hydrogen) atoms. The first kappa shape index (κ1) is 16.2. The molecule has 2 heterocycles. The van der Waals surface area contributed by atoms with E-state index in [1.165, 1.54) is 6.07 Å². The Bertz CT molecular complexity index is 826. The maximum absolute atomic E-state index is 13.7. The van der Waals surface area contributed by atoms with Gasteiger partial charge in [-0.2, -0.15) is 10.1 Å². The largest absolute Gasteiger partial charge is 0.371 e. The van der Waals surface area contributed by atoms with Crippen LogP contribution in [0.4, 0.5) is 10.1 Å². The van der Waals surface area contributed by atoms with Gasteiger partial charge in [0.15, 0.2) is 0 Å². The third-order valence-electron chi connectivity index (χ3n) is 3.71. The van der Waals surface area contributed by atoms with E-state index < -0.39 is 0 Å². The van der Waals surface area contributed by atoms with Crippen molar-refractivity contribution >= 4 is 5.69 Å². The molecule has 0 aliphatic heterocycles. The van der Waals surface area contributed by atoms with Crippen molar-refractivity contribution in [3.63, 3.8) is 0 Å². The Hall–Kier alpha value is -2.70. The Kier molecular flexibility index (Phi) is 4.59. The Morgan fingerprint density at radius 3 is 2.96 bits per heavy atom. The molecule has 0 bridgehead atoms. The summed E-state index contributed by atoms with van der Waals surface area (Å²) < 4.78 is 20.9. The summed E-state index contributed by atoms with van der Waals surface area (Å²) in [7, 11) is 0. The quantitative estimate of drug-likeness (QED) is 0.741. The zero-order valence-electron chi connectivity index (χ0n) is 14.0. The Morgan fingerprint density at radius 1 is 1.38 bits per heavy atom. The molecule has 1 atom stereocenters. The molecule has 0 spiro atoms. The second-order valence-corrected chi connectivity index (χ2v) is 5.78. The maximum atomic E-state index is 13.7. The molecule has 126 valence electrons. The van der Waals surface area contributed by atoms with E-state index in [1.54, 1.807) is 25.3 Å². The van der Waals surface area contributed by atoms with Crippen molar-refractivity contribution in [2.24, 2.45) is 0 Å². The van der Waals surface area contributed by atoms with Crippen LogP contribution in [0.15, 0.2) is 35.1 Å². The second kappa shape index (κ2) is 6.82. The molecule has 0 saturated heterocycles. The number of benzene rings is 1. The third-order valence-corrected chi connectivity index (χ3v) is 3.71. The summed E-state index contributed by atoms with van der Waals surface area (Å²) in [4.78, 5) is 4.36. The lowest BCUT2D eigenvalue weighted by molar-refractivity contribution is 0.368. The van der Waals surface area contributed by atoms with Crippen LogP contribution in [-0.2, 0) is 6.54 Å². The minimum Gasteiger partial charge on any atom is -0.371 e. The van der Waals surface area contributed by atoms with Crippen LogP contribution >= 0.6 is 0 Å². The van der Waals surface area contributed by atoms with E-state index >= 15 is 0 Å². The van der Waals surface area contributed by atoms with Gasteiger partial charge in [-0.15, -0.1) is 0 Å². The van der Waals surface area contributed by atoms with Crippen LogP contribution in [0.1, 0.15) is 37.8 Å². The Labute approximate surface area is 139 Å². The Morgan fingerprint density at radius 2 is 2.21 bits per heavy atom. The number of aryl methyl sites for hydroxylation is 2. The van der Waals surface area contributed by atoms with Gasteiger partial charge in [-0.25, -0.2) is 4.39 Å². The first-order valence-corrected chi connectivity index (χ1v) is 7.96. The minimum atomic E-state index is -0.284. The summed E-state index contributed by atoms with van der Waals surface area (Å²) >= 11 is 0. The monoisotopic (exact) mass is 329 g/mol. The van der Waals surface area contributed by atoms with Crippen LogP contribution in [0.2, 0.25) is 0 Å². The van der Waals surface area contributed by atoms with Crippen LogP contribution in [0.25, 0.3) is 11.4 Å². The lowest BCUT2D eigenvalue weighted by Crippen LogP contribution is -2.06. The molecule has 3 aromatic rings. The number of hydrogen-bond donors (Lipinski definition) is 1. The lowest BCUT2D eigenvalue weighted by Gasteiger charge is -2.08. The molecule has 0 saturated carbocycles. The van der Waals surface area contributed by atoms with Crippen molar-refractivity contribution in [1.29, 1.82) is 0 Å². The van der Waals surface area contributed by atoms with E-state index in [0.717, 1.165) is 18.7 Å². The van der Waals surface area contributed by atoms with E-state index in [4.69, 9.17) is 4.52 Å². The molecule has 0 fully saturated rings. The number of halogens is 1. The summed E-state index contributed by atoms with van der Waals surface area (Å²) in [5, 5.41) is 11.5. The van der Waals surface area contributed by atoms with E-state index in [1.807, 2.05) is 17.8 Å². The number of anilines is 1. The molecule has 1 aromatic carbocycles. The number of aromatic nitrogens is 4. The van der Waals surface area contributed by atoms with Gasteiger partial charge in [0.25, 0.3) is 0 Å². The second-order valence-electron chi connectivity index (χ2n) is 5.78. The predicted octanol–water partition coefficient (Wildman–Crippen LogP) is 3.96. The third kappa shape index (κ3) is 3.45. The van der Waals surface area contributed by atoms with Gasteiger partial charge in [-0.1, -0.05) is 24.2 Å². The first-order chi connectivity index (χ1) is 11.6. The van der Waals surface area contributed by atoms with Crippen LogP contribution in [0.3, 0.4) is 0 Å². The van der Waals surface area contributed by atoms with Gasteiger partial charge < -0.3 is 9.84 Å². The van der Waals surface area contributed by atoms with Gasteiger partial charge in [0.1, 0.15) is 11.9 Å². The summed E-state index contributed by atoms with van der Waals surface area (Å²) in [5.74, 6) is 0.529. The molecule has 2 aromatic heterocycles. The molecule has 3 rings (SSSR count). The minimum absolute atomic E-state index is 0.180. The molecular weight excluding hydrogens is 309 g/mol. The normalized spacial score (nSPS) is 12.3. The molecule has 6 nitrogen and oxygen atoms in total. The average molecular weight is 329 g/mol. The molecular formula is C17H20FN5O. The van der Waals surface area contributed by atoms with Crippen molar-refractivity contribution < 1.29 is 8.91 Å². The number of nitrogens with zero attached hydrogens (tertiary/aromatic N) is 4. The number of rotatable bonds is 6. The van der Waals surface area contributed by atoms with E-state index in [-0.39, 0.29) is 11.9 Å². The van der Waals surface area contributed by atoms with Crippen molar-refractivity contribution in [1.82, 2.24) is 19.9 Å². The van der Waals surface area contributed by atoms with E-state index in [2.05, 4.69) is 27.5 Å². The maximum Gasteiger partial charge on any atom is 0.249 e. The highest BCUT2D eigenvalue weighted by Crippen LogP contribution is 2.22. The van der Waals surface area contributed by atoms with Crippen molar-refractivity contribution in [3.05, 3.63) is 47.9 Å². The highest BCUT2D eigenvalue weighted by Gasteiger charge is 2.16. The van der Waals surface area contributed by atoms with Gasteiger partial charge in [0.05, 0.1) is 11.9 Å². The molecule has 7 heteroatoms. The molecule has 1 unspecified atom stereocenters. The number of nitrogens with one attached hydrogen (secondary N) is 1. The summed E-state index contributed by atoms with van der Waals surface area (Å²) in [5.41, 5.74) is 2.06. The molecule has 0 radical (unpaired) electrons. The average Bonchev–Trinajstić information content (AvgIpc) is 3.20. The van der Waals surface area contributed by atoms with Gasteiger partial charge in [-0.05, 0) is 31.9 Å². The lowest BCUT2D eigenvalue weighted by atomic mass is 10.1. The van der Waals surface area contributed by atoms with Gasteiger partial charge in [0.2, 0.25) is 11.7 Å². The fourth-order valence-electron chi connectivity index (χ4n) is 2.36. The zero-order valence-corrected chi connectivity index (χ0v) is 14.0. The predicted molar refractivity (Wildman–Crippen MR) is 89.0 cm³/mol. The highest BCUT2D eigenvalue weighted by atomic mass is 19.1. The standard InChI is InChI=1S/C17H20FN5O/c1-4-7-23-10-14(9-19-23)20-12(3)17-21-16(22-24-17)13-6-5-11(2)15(18)8-13/h5-6,8-10,12,20H,4,7H2,1-3H3. The highest BCUT2D eigenvalue weighted by molar-refractivity contribution is 5.55. The molecule has 0 aliphatic carbocycles. The van der Waals surface area contributed by atoms with Crippen LogP contribution in [0.5, 0.6) is 0 Å². The first-order valence-electron chi connectivity index (χ1n) is 7.96. The van der Waals surface area contributed by atoms with Crippen molar-refractivity contribution in [2.75, 3.05) is 5.32 Å². The van der Waals surface area contributed by atoms with E-state index in [9.17, 15) is 4.39 Å². The van der Waals surface area contributed by atoms with Crippen LogP contribution in [0, 0.1) is 12.7 Å². The Balaban J connectivity index is 1.72. The molecule has 1 N–H and O–H groups in total. The summed E-state index contributed by atoms with van der Waals surface area (Å²) in [6, 6.07) is 4.71. The number of hydrogen-bond acceptors (Lipinski definition) is 5.